The maximum absolute atomic E-state index is 12.6. The predicted octanol–water partition coefficient (Wildman–Crippen LogP) is 25.4. The Bertz CT molecular complexity index is 7120. The minimum Gasteiger partial charge on any atom is -0.375 e. The topological polar surface area (TPSA) is 231 Å². The van der Waals surface area contributed by atoms with E-state index in [9.17, 15) is 87.5 Å². The van der Waals surface area contributed by atoms with Crippen LogP contribution in [0.2, 0.25) is 0 Å². The standard InChI is InChI=1S/C17H18O4S.C16H14O2S2.C16H14O2.2C15H9F3O2S.C15H12O2S.C15H12S2/c1-12(2)14-5-4-6-16(18)17(11-14)21-22(19,20)15-9-7-13(3)8-10-15;1-11-8-9-14(19-2)12(10-11)16(18)20-15-7-5-3-4-6-13(15)17;17-15-9-5-1-3-7-13(15)11-12-14-8-4-2-6-10-16(14)18;16-15(17,18)11-6-4-5-10(9-11)14(20)21-13-8-3-1-2-7-12(13)19;16-15(17,18)11-8-6-10(7-9-11)14(20)21-13-5-3-1-2-4-12(13)19;16-13-9-5-2-6-10-14(13)18-15(17)11-12-7-3-1-4-8-12;1-12-8-4-2-6-10-14(12)17-15-11-7-3-5-9-13(15)16/h4-12H,1-3H3;3-10H,1-2H3;1-10H,11-12H2;2*1-9H;1-10H,11H2;2-11H,1H2. The van der Waals surface area contributed by atoms with Crippen molar-refractivity contribution in [1.29, 1.82) is 0 Å². The summed E-state index contributed by atoms with van der Waals surface area (Å²) in [5.74, 6) is -0.0366. The van der Waals surface area contributed by atoms with E-state index in [-0.39, 0.29) is 80.3 Å². The summed E-state index contributed by atoms with van der Waals surface area (Å²) in [7, 11) is -4.03. The summed E-state index contributed by atoms with van der Waals surface area (Å²) < 4.78 is 106. The molecule has 698 valence electrons. The van der Waals surface area contributed by atoms with Gasteiger partial charge in [0.2, 0.25) is 20.8 Å². The molecule has 1 aliphatic carbocycles. The van der Waals surface area contributed by atoms with Crippen LogP contribution in [0.25, 0.3) is 0 Å². The number of halogens is 6. The first-order valence-corrected chi connectivity index (χ1v) is 48.7. The number of carbonyl (C=O) groups is 4. The molecule has 0 aliphatic heterocycles. The number of hydrogen-bond donors (Lipinski definition) is 0. The van der Waals surface area contributed by atoms with Crippen molar-refractivity contribution in [2.24, 2.45) is 0 Å². The number of alkyl halides is 6. The Balaban J connectivity index is 0.000000197. The first-order valence-electron chi connectivity index (χ1n) is 41.6. The number of hydrogen-bond acceptors (Lipinski definition) is 21. The van der Waals surface area contributed by atoms with Crippen LogP contribution in [-0.4, -0.2) is 35.1 Å². The summed E-state index contributed by atoms with van der Waals surface area (Å²) in [6, 6.07) is 95.1. The van der Waals surface area contributed by atoms with E-state index >= 15 is 0 Å². The third kappa shape index (κ3) is 37.7. The number of allylic oxidation sites excluding steroid dienone is 6. The van der Waals surface area contributed by atoms with Crippen LogP contribution in [0, 0.1) is 18.4 Å². The predicted molar refractivity (Wildman–Crippen MR) is 546 cm³/mol. The molecule has 137 heavy (non-hydrogen) atoms. The molecule has 28 heteroatoms. The van der Waals surface area contributed by atoms with Crippen LogP contribution in [0.5, 0.6) is 5.75 Å². The highest BCUT2D eigenvalue weighted by molar-refractivity contribution is 8.15. The molecule has 14 rings (SSSR count). The van der Waals surface area contributed by atoms with Crippen molar-refractivity contribution in [3.05, 3.63) is 543 Å². The molecular formula is C109H88F6O14S8. The van der Waals surface area contributed by atoms with Gasteiger partial charge in [-0.15, -0.1) is 11.8 Å². The number of benzene rings is 5. The Morgan fingerprint density at radius 3 is 1.31 bits per heavy atom. The van der Waals surface area contributed by atoms with Gasteiger partial charge >= 0.3 is 22.5 Å². The Morgan fingerprint density at radius 2 is 0.818 bits per heavy atom. The second kappa shape index (κ2) is 55.7. The van der Waals surface area contributed by atoms with Gasteiger partial charge in [-0.3, -0.25) is 52.7 Å². The summed E-state index contributed by atoms with van der Waals surface area (Å²) >= 11 is 11.9. The van der Waals surface area contributed by atoms with Gasteiger partial charge in [0.1, 0.15) is 4.90 Å². The lowest BCUT2D eigenvalue weighted by molar-refractivity contribution is -0.138. The van der Waals surface area contributed by atoms with Gasteiger partial charge in [-0.2, -0.15) is 34.8 Å². The van der Waals surface area contributed by atoms with Crippen molar-refractivity contribution < 1.29 is 58.1 Å². The molecule has 0 unspecified atom stereocenters. The third-order valence-electron chi connectivity index (χ3n) is 18.7. The smallest absolute Gasteiger partial charge is 0.375 e. The minimum atomic E-state index is -4.51. The fourth-order valence-electron chi connectivity index (χ4n) is 11.5. The summed E-state index contributed by atoms with van der Waals surface area (Å²) in [6.07, 6.45) is 4.58. The zero-order valence-electron chi connectivity index (χ0n) is 74.1. The van der Waals surface area contributed by atoms with Crippen molar-refractivity contribution in [3.8, 4) is 5.75 Å². The average Bonchev–Trinajstić information content (AvgIpc) is 1.72. The quantitative estimate of drug-likeness (QED) is 0.0317. The molecule has 13 aromatic carbocycles. The zero-order valence-corrected chi connectivity index (χ0v) is 80.6. The van der Waals surface area contributed by atoms with Crippen molar-refractivity contribution in [3.63, 3.8) is 0 Å². The zero-order chi connectivity index (χ0) is 99.5. The van der Waals surface area contributed by atoms with Crippen LogP contribution in [0.15, 0.2) is 473 Å². The van der Waals surface area contributed by atoms with Crippen LogP contribution in [0.3, 0.4) is 0 Å². The van der Waals surface area contributed by atoms with Gasteiger partial charge in [0, 0.05) is 37.8 Å². The Labute approximate surface area is 819 Å². The Kier molecular flexibility index (Phi) is 44.3. The maximum atomic E-state index is 12.6. The molecule has 0 spiro atoms. The van der Waals surface area contributed by atoms with E-state index in [1.807, 2.05) is 174 Å². The number of rotatable bonds is 19. The molecule has 0 heterocycles. The largest absolute Gasteiger partial charge is 0.416 e. The first-order chi connectivity index (χ1) is 65.5. The lowest BCUT2D eigenvalue weighted by atomic mass is 10.1. The molecule has 13 aromatic rings. The normalized spacial score (nSPS) is 11.2. The van der Waals surface area contributed by atoms with Crippen molar-refractivity contribution in [2.45, 2.75) is 99.5 Å². The van der Waals surface area contributed by atoms with Crippen molar-refractivity contribution in [1.82, 2.24) is 0 Å². The lowest BCUT2D eigenvalue weighted by Crippen LogP contribution is -2.14. The van der Waals surface area contributed by atoms with Crippen LogP contribution in [-0.2, 0) is 46.5 Å². The molecule has 0 radical (unpaired) electrons. The van der Waals surface area contributed by atoms with E-state index in [0.29, 0.717) is 58.1 Å². The van der Waals surface area contributed by atoms with Gasteiger partial charge in [-0.25, -0.2) is 0 Å². The van der Waals surface area contributed by atoms with Gasteiger partial charge in [-0.05, 0) is 265 Å². The number of thioether (sulfide) groups is 6. The average molecular weight is 1990 g/mol. The SMILES string of the molecule is C=C1C=CC=CC=C1Sc1cccccc1=S.CSc1ccc(C)cc1C(=O)Sc1cccccc1=O.Cc1ccc(S(=O)(=O)Oc2cc(C(C)C)cccc2=O)cc1.O=C(Cc1ccccc1)Sc1cccccc1=O.O=C(Sc1cccccc1=O)c1ccc(C(F)(F)F)cc1.O=C(Sc1cccccc1=O)c1cccc(C(F)(F)F)c1.O=c1cccccc1CCc1cccccc1=O. The first kappa shape index (κ1) is 109. The molecule has 0 N–H and O–H groups in total. The molecule has 0 aromatic heterocycles. The highest BCUT2D eigenvalue weighted by Gasteiger charge is 2.32. The number of carbonyl (C=O) groups excluding carboxylic acids is 4. The van der Waals surface area contributed by atoms with Crippen molar-refractivity contribution >= 4 is 113 Å². The molecule has 0 fully saturated rings. The monoisotopic (exact) mass is 1990 g/mol. The third-order valence-corrected chi connectivity index (χ3v) is 26.2. The minimum absolute atomic E-state index is 0.0211. The summed E-state index contributed by atoms with van der Waals surface area (Å²) in [5.41, 5.74) is 3.88. The van der Waals surface area contributed by atoms with E-state index in [1.54, 1.807) is 139 Å². The van der Waals surface area contributed by atoms with Gasteiger partial charge in [0.25, 0.3) is 0 Å². The summed E-state index contributed by atoms with van der Waals surface area (Å²) in [5, 5.41) is -1.21. The van der Waals surface area contributed by atoms with Crippen molar-refractivity contribution in [2.75, 3.05) is 6.26 Å². The highest BCUT2D eigenvalue weighted by Crippen LogP contribution is 2.36. The van der Waals surface area contributed by atoms with Gasteiger partial charge in [-0.1, -0.05) is 292 Å². The molecule has 1 aliphatic rings. The van der Waals surface area contributed by atoms with E-state index in [0.717, 1.165) is 118 Å². The van der Waals surface area contributed by atoms with Crippen LogP contribution in [0.1, 0.15) is 95.3 Å². The molecule has 14 nitrogen and oxygen atoms in total. The van der Waals surface area contributed by atoms with E-state index in [2.05, 4.69) is 12.7 Å². The molecule has 0 bridgehead atoms. The van der Waals surface area contributed by atoms with Gasteiger partial charge in [0.15, 0.2) is 43.4 Å². The Hall–Kier alpha value is -13.3. The lowest BCUT2D eigenvalue weighted by Gasteiger charge is -2.07. The summed E-state index contributed by atoms with van der Waals surface area (Å²) in [4.78, 5) is 135. The molecule has 0 saturated carbocycles. The summed E-state index contributed by atoms with van der Waals surface area (Å²) in [6.45, 7) is 11.8. The van der Waals surface area contributed by atoms with Gasteiger partial charge in [0.05, 0.1) is 35.2 Å². The fourth-order valence-corrected chi connectivity index (χ4v) is 17.3. The van der Waals surface area contributed by atoms with E-state index in [1.165, 1.54) is 90.6 Å². The molecule has 0 saturated heterocycles. The fraction of sp³-hybridized carbons (Fsp3) is 0.101. The molecular weight excluding hydrogens is 1900 g/mol. The van der Waals surface area contributed by atoms with Gasteiger partial charge < -0.3 is 4.18 Å². The van der Waals surface area contributed by atoms with Crippen LogP contribution < -0.4 is 42.2 Å². The second-order valence-electron chi connectivity index (χ2n) is 29.3. The van der Waals surface area contributed by atoms with E-state index in [4.69, 9.17) is 16.4 Å². The van der Waals surface area contributed by atoms with Crippen LogP contribution in [0.4, 0.5) is 26.3 Å². The van der Waals surface area contributed by atoms with Crippen LogP contribution >= 0.6 is 82.8 Å². The maximum Gasteiger partial charge on any atom is 0.416 e. The molecule has 0 atom stereocenters. The molecule has 0 amide bonds. The Morgan fingerprint density at radius 1 is 0.394 bits per heavy atom. The highest BCUT2D eigenvalue weighted by atomic mass is 32.2. The van der Waals surface area contributed by atoms with E-state index < -0.39 is 49.3 Å². The number of aryl methyl sites for hydroxylation is 4. The second-order valence-corrected chi connectivity index (χ2v) is 37.3.